The highest BCUT2D eigenvalue weighted by Crippen LogP contribution is 2.00. The van der Waals surface area contributed by atoms with Gasteiger partial charge in [0.1, 0.15) is 6.54 Å². The minimum absolute atomic E-state index is 0.0673. The van der Waals surface area contributed by atoms with Gasteiger partial charge in [0.25, 0.3) is 5.82 Å². The maximum atomic E-state index is 11.8. The predicted octanol–water partition coefficient (Wildman–Crippen LogP) is -0.283. The minimum Gasteiger partial charge on any atom is -0.460 e. The first kappa shape index (κ1) is 14.1. The molecule has 18 heavy (non-hydrogen) atoms. The first-order chi connectivity index (χ1) is 8.47. The van der Waals surface area contributed by atoms with Crippen LogP contribution in [0, 0.1) is 0 Å². The molecule has 100 valence electrons. The zero-order chi connectivity index (χ0) is 13.7. The number of esters is 1. The summed E-state index contributed by atoms with van der Waals surface area (Å²) in [4.78, 5) is 24.9. The van der Waals surface area contributed by atoms with Gasteiger partial charge in [-0.05, 0) is 31.2 Å². The lowest BCUT2D eigenvalue weighted by atomic mass is 10.3. The third-order valence-corrected chi connectivity index (χ3v) is 2.44. The second-order valence-corrected chi connectivity index (χ2v) is 3.98. The van der Waals surface area contributed by atoms with Crippen molar-refractivity contribution in [2.24, 2.45) is 0 Å². The molecule has 0 saturated heterocycles. The van der Waals surface area contributed by atoms with Crippen molar-refractivity contribution < 1.29 is 14.3 Å². The summed E-state index contributed by atoms with van der Waals surface area (Å²) in [5.74, 6) is -0.882. The van der Waals surface area contributed by atoms with Gasteiger partial charge in [0.05, 0.1) is 6.61 Å². The van der Waals surface area contributed by atoms with Crippen LogP contribution in [0.3, 0.4) is 0 Å². The average Bonchev–Trinajstić information content (AvgIpc) is 2.76. The van der Waals surface area contributed by atoms with Crippen LogP contribution in [0.2, 0.25) is 0 Å². The average molecular weight is 255 g/mol. The van der Waals surface area contributed by atoms with E-state index < -0.39 is 5.97 Å². The third-order valence-electron chi connectivity index (χ3n) is 2.44. The van der Waals surface area contributed by atoms with Gasteiger partial charge in [-0.15, -0.1) is 5.10 Å². The SMILES string of the molecule is CCOC(=O)c1nnnn1CC(=O)N(C)C(C)C. The smallest absolute Gasteiger partial charge is 0.378 e. The first-order valence-corrected chi connectivity index (χ1v) is 5.66. The van der Waals surface area contributed by atoms with Gasteiger partial charge in [0, 0.05) is 13.1 Å². The summed E-state index contributed by atoms with van der Waals surface area (Å²) in [6.07, 6.45) is 0. The fourth-order valence-corrected chi connectivity index (χ4v) is 1.18. The van der Waals surface area contributed by atoms with Crippen LogP contribution < -0.4 is 0 Å². The van der Waals surface area contributed by atoms with Crippen LogP contribution >= 0.6 is 0 Å². The molecule has 0 aromatic carbocycles. The van der Waals surface area contributed by atoms with E-state index in [2.05, 4.69) is 15.5 Å². The topological polar surface area (TPSA) is 90.2 Å². The van der Waals surface area contributed by atoms with Crippen molar-refractivity contribution in [3.05, 3.63) is 5.82 Å². The van der Waals surface area contributed by atoms with Gasteiger partial charge in [-0.25, -0.2) is 9.48 Å². The molecular weight excluding hydrogens is 238 g/mol. The molecule has 0 bridgehead atoms. The number of hydrogen-bond acceptors (Lipinski definition) is 6. The van der Waals surface area contributed by atoms with E-state index in [4.69, 9.17) is 4.74 Å². The van der Waals surface area contributed by atoms with Gasteiger partial charge >= 0.3 is 5.97 Å². The molecule has 0 aliphatic rings. The molecule has 1 rings (SSSR count). The summed E-state index contributed by atoms with van der Waals surface area (Å²) in [6, 6.07) is 0.0695. The molecule has 0 spiro atoms. The lowest BCUT2D eigenvalue weighted by Gasteiger charge is -2.21. The van der Waals surface area contributed by atoms with E-state index in [1.54, 1.807) is 18.9 Å². The molecule has 1 aromatic heterocycles. The van der Waals surface area contributed by atoms with E-state index in [-0.39, 0.29) is 30.9 Å². The van der Waals surface area contributed by atoms with E-state index in [9.17, 15) is 9.59 Å². The normalized spacial score (nSPS) is 10.5. The number of amides is 1. The van der Waals surface area contributed by atoms with E-state index in [1.807, 2.05) is 13.8 Å². The third kappa shape index (κ3) is 3.25. The fourth-order valence-electron chi connectivity index (χ4n) is 1.18. The number of ether oxygens (including phenoxy) is 1. The molecule has 0 fully saturated rings. The quantitative estimate of drug-likeness (QED) is 0.672. The number of nitrogens with zero attached hydrogens (tertiary/aromatic N) is 5. The Balaban J connectivity index is 2.77. The number of carbonyl (C=O) groups excluding carboxylic acids is 2. The van der Waals surface area contributed by atoms with Crippen LogP contribution in [0.1, 0.15) is 31.4 Å². The molecule has 8 heteroatoms. The Hall–Kier alpha value is -1.99. The van der Waals surface area contributed by atoms with Crippen LogP contribution in [-0.4, -0.2) is 56.7 Å². The number of aromatic nitrogens is 4. The van der Waals surface area contributed by atoms with Gasteiger partial charge in [0.15, 0.2) is 0 Å². The molecule has 0 radical (unpaired) electrons. The summed E-state index contributed by atoms with van der Waals surface area (Å²) >= 11 is 0. The van der Waals surface area contributed by atoms with Gasteiger partial charge in [0.2, 0.25) is 5.91 Å². The monoisotopic (exact) mass is 255 g/mol. The molecule has 0 aliphatic carbocycles. The van der Waals surface area contributed by atoms with E-state index in [1.165, 1.54) is 0 Å². The summed E-state index contributed by atoms with van der Waals surface area (Å²) in [5, 5.41) is 10.5. The highest BCUT2D eigenvalue weighted by atomic mass is 16.5. The highest BCUT2D eigenvalue weighted by molar-refractivity contribution is 5.86. The zero-order valence-corrected chi connectivity index (χ0v) is 11.0. The first-order valence-electron chi connectivity index (χ1n) is 5.66. The van der Waals surface area contributed by atoms with Crippen molar-refractivity contribution in [1.82, 2.24) is 25.1 Å². The highest BCUT2D eigenvalue weighted by Gasteiger charge is 2.20. The molecular formula is C10H17N5O3. The largest absolute Gasteiger partial charge is 0.460 e. The van der Waals surface area contributed by atoms with Gasteiger partial charge in [-0.1, -0.05) is 0 Å². The molecule has 0 N–H and O–H groups in total. The molecule has 8 nitrogen and oxygen atoms in total. The maximum Gasteiger partial charge on any atom is 0.378 e. The Morgan fingerprint density at radius 2 is 2.11 bits per heavy atom. The second kappa shape index (κ2) is 6.08. The molecule has 0 saturated carbocycles. The zero-order valence-electron chi connectivity index (χ0n) is 11.0. The molecule has 1 amide bonds. The van der Waals surface area contributed by atoms with Crippen LogP contribution in [0.5, 0.6) is 0 Å². The molecule has 1 heterocycles. The van der Waals surface area contributed by atoms with Crippen LogP contribution in [0.15, 0.2) is 0 Å². The minimum atomic E-state index is -0.637. The molecule has 1 aromatic rings. The lowest BCUT2D eigenvalue weighted by Crippen LogP contribution is -2.36. The lowest BCUT2D eigenvalue weighted by molar-refractivity contribution is -0.132. The van der Waals surface area contributed by atoms with E-state index >= 15 is 0 Å². The van der Waals surface area contributed by atoms with Crippen molar-refractivity contribution >= 4 is 11.9 Å². The number of carbonyl (C=O) groups is 2. The number of tetrazole rings is 1. The van der Waals surface area contributed by atoms with Crippen molar-refractivity contribution in [3.63, 3.8) is 0 Å². The summed E-state index contributed by atoms with van der Waals surface area (Å²) in [5.41, 5.74) is 0. The van der Waals surface area contributed by atoms with E-state index in [0.29, 0.717) is 0 Å². The molecule has 0 unspecified atom stereocenters. The van der Waals surface area contributed by atoms with Crippen molar-refractivity contribution in [1.29, 1.82) is 0 Å². The Bertz CT molecular complexity index is 429. The number of likely N-dealkylation sites (N-methyl/N-ethyl adjacent to an activating group) is 1. The van der Waals surface area contributed by atoms with E-state index in [0.717, 1.165) is 4.68 Å². The van der Waals surface area contributed by atoms with Gasteiger partial charge in [-0.2, -0.15) is 0 Å². The second-order valence-electron chi connectivity index (χ2n) is 3.98. The number of hydrogen-bond donors (Lipinski definition) is 0. The van der Waals surface area contributed by atoms with Crippen molar-refractivity contribution in [2.75, 3.05) is 13.7 Å². The van der Waals surface area contributed by atoms with Gasteiger partial charge in [-0.3, -0.25) is 4.79 Å². The Morgan fingerprint density at radius 3 is 2.67 bits per heavy atom. The Labute approximate surface area is 105 Å². The summed E-state index contributed by atoms with van der Waals surface area (Å²) in [6.45, 7) is 5.61. The van der Waals surface area contributed by atoms with Crippen LogP contribution in [-0.2, 0) is 16.1 Å². The van der Waals surface area contributed by atoms with Crippen molar-refractivity contribution in [3.8, 4) is 0 Å². The van der Waals surface area contributed by atoms with Crippen molar-refractivity contribution in [2.45, 2.75) is 33.4 Å². The maximum absolute atomic E-state index is 11.8. The fraction of sp³-hybridized carbons (Fsp3) is 0.700. The Morgan fingerprint density at radius 1 is 1.44 bits per heavy atom. The predicted molar refractivity (Wildman–Crippen MR) is 61.7 cm³/mol. The molecule has 0 aliphatic heterocycles. The molecule has 0 atom stereocenters. The summed E-state index contributed by atoms with van der Waals surface area (Å²) < 4.78 is 5.93. The standard InChI is InChI=1S/C10H17N5O3/c1-5-18-10(17)9-11-12-13-15(9)6-8(16)14(4)7(2)3/h7H,5-6H2,1-4H3. The van der Waals surface area contributed by atoms with Gasteiger partial charge < -0.3 is 9.64 Å². The summed E-state index contributed by atoms with van der Waals surface area (Å²) in [7, 11) is 1.68. The van der Waals surface area contributed by atoms with Crippen LogP contribution in [0.25, 0.3) is 0 Å². The number of rotatable bonds is 5. The Kier molecular flexibility index (Phi) is 4.75. The van der Waals surface area contributed by atoms with Crippen LogP contribution in [0.4, 0.5) is 0 Å².